The summed E-state index contributed by atoms with van der Waals surface area (Å²) in [5.74, 6) is 0.218. The van der Waals surface area contributed by atoms with E-state index in [-0.39, 0.29) is 12.5 Å². The average Bonchev–Trinajstić information content (AvgIpc) is 2.63. The van der Waals surface area contributed by atoms with E-state index in [0.717, 1.165) is 30.7 Å². The minimum Gasteiger partial charge on any atom is -0.396 e. The maximum absolute atomic E-state index is 12.5. The molecule has 21 heavy (non-hydrogen) atoms. The SMILES string of the molecule is Cc1nn(C)c(C)c1CCC(=O)N(CCCO)C1CCC1. The molecule has 0 aromatic carbocycles. The lowest BCUT2D eigenvalue weighted by atomic mass is 9.91. The third-order valence-electron chi connectivity index (χ3n) is 4.64. The van der Waals surface area contributed by atoms with E-state index in [1.165, 1.54) is 12.0 Å². The quantitative estimate of drug-likeness (QED) is 0.833. The first-order valence-electron chi connectivity index (χ1n) is 7.94. The molecule has 1 N–H and O–H groups in total. The monoisotopic (exact) mass is 293 g/mol. The number of rotatable bonds is 7. The highest BCUT2D eigenvalue weighted by atomic mass is 16.3. The molecule has 5 nitrogen and oxygen atoms in total. The zero-order valence-corrected chi connectivity index (χ0v) is 13.4. The number of carbonyl (C=O) groups excluding carboxylic acids is 1. The highest BCUT2D eigenvalue weighted by Crippen LogP contribution is 2.26. The van der Waals surface area contributed by atoms with Crippen molar-refractivity contribution in [2.24, 2.45) is 7.05 Å². The van der Waals surface area contributed by atoms with E-state index in [2.05, 4.69) is 12.0 Å². The van der Waals surface area contributed by atoms with Crippen molar-refractivity contribution in [2.45, 2.75) is 58.4 Å². The minimum absolute atomic E-state index is 0.150. The Hall–Kier alpha value is -1.36. The van der Waals surface area contributed by atoms with E-state index in [1.54, 1.807) is 0 Å². The summed E-state index contributed by atoms with van der Waals surface area (Å²) in [6, 6.07) is 0.403. The van der Waals surface area contributed by atoms with Crippen LogP contribution in [-0.4, -0.2) is 44.9 Å². The summed E-state index contributed by atoms with van der Waals surface area (Å²) < 4.78 is 1.88. The molecule has 1 aliphatic carbocycles. The summed E-state index contributed by atoms with van der Waals surface area (Å²) in [5, 5.41) is 13.4. The lowest BCUT2D eigenvalue weighted by molar-refractivity contribution is -0.135. The lowest BCUT2D eigenvalue weighted by Crippen LogP contribution is -2.45. The number of hydrogen-bond donors (Lipinski definition) is 1. The van der Waals surface area contributed by atoms with Gasteiger partial charge in [-0.1, -0.05) is 0 Å². The molecule has 0 radical (unpaired) electrons. The van der Waals surface area contributed by atoms with Crippen LogP contribution >= 0.6 is 0 Å². The van der Waals surface area contributed by atoms with Gasteiger partial charge < -0.3 is 10.0 Å². The summed E-state index contributed by atoms with van der Waals surface area (Å²) in [7, 11) is 1.94. The van der Waals surface area contributed by atoms with Crippen molar-refractivity contribution in [3.8, 4) is 0 Å². The van der Waals surface area contributed by atoms with Crippen LogP contribution in [0.4, 0.5) is 0 Å². The van der Waals surface area contributed by atoms with E-state index in [1.807, 2.05) is 23.6 Å². The van der Waals surface area contributed by atoms with Gasteiger partial charge in [0.15, 0.2) is 0 Å². The molecule has 118 valence electrons. The maximum Gasteiger partial charge on any atom is 0.223 e. The van der Waals surface area contributed by atoms with Gasteiger partial charge in [0.2, 0.25) is 5.91 Å². The molecule has 1 aliphatic rings. The highest BCUT2D eigenvalue weighted by molar-refractivity contribution is 5.77. The summed E-state index contributed by atoms with van der Waals surface area (Å²) in [6.07, 6.45) is 5.41. The number of nitrogens with zero attached hydrogens (tertiary/aromatic N) is 3. The minimum atomic E-state index is 0.150. The third kappa shape index (κ3) is 3.64. The number of aromatic nitrogens is 2. The van der Waals surface area contributed by atoms with Crippen LogP contribution in [0.15, 0.2) is 0 Å². The molecule has 1 fully saturated rings. The van der Waals surface area contributed by atoms with E-state index < -0.39 is 0 Å². The Kier molecular flexibility index (Phi) is 5.39. The van der Waals surface area contributed by atoms with Crippen LogP contribution in [0.1, 0.15) is 49.1 Å². The van der Waals surface area contributed by atoms with Crippen molar-refractivity contribution in [1.29, 1.82) is 0 Å². The zero-order chi connectivity index (χ0) is 15.4. The standard InChI is InChI=1S/C16H27N3O2/c1-12-15(13(2)18(3)17-12)8-9-16(21)19(10-5-11-20)14-6-4-7-14/h14,20H,4-11H2,1-3H3. The molecule has 0 unspecified atom stereocenters. The van der Waals surface area contributed by atoms with Crippen molar-refractivity contribution in [2.75, 3.05) is 13.2 Å². The molecule has 0 saturated heterocycles. The molecule has 1 aromatic rings. The highest BCUT2D eigenvalue weighted by Gasteiger charge is 2.28. The van der Waals surface area contributed by atoms with Crippen molar-refractivity contribution in [1.82, 2.24) is 14.7 Å². The molecule has 1 heterocycles. The van der Waals surface area contributed by atoms with E-state index >= 15 is 0 Å². The van der Waals surface area contributed by atoms with Crippen molar-refractivity contribution in [3.05, 3.63) is 17.0 Å². The fourth-order valence-corrected chi connectivity index (χ4v) is 3.01. The Morgan fingerprint density at radius 2 is 2.14 bits per heavy atom. The molecular weight excluding hydrogens is 266 g/mol. The van der Waals surface area contributed by atoms with Gasteiger partial charge in [-0.3, -0.25) is 9.48 Å². The number of aliphatic hydroxyl groups is 1. The molecule has 0 aliphatic heterocycles. The average molecular weight is 293 g/mol. The summed E-state index contributed by atoms with van der Waals surface area (Å²) in [6.45, 7) is 4.89. The third-order valence-corrected chi connectivity index (χ3v) is 4.64. The molecule has 1 amide bonds. The fraction of sp³-hybridized carbons (Fsp3) is 0.750. The molecule has 5 heteroatoms. The Morgan fingerprint density at radius 1 is 1.43 bits per heavy atom. The van der Waals surface area contributed by atoms with E-state index in [9.17, 15) is 4.79 Å². The number of amides is 1. The number of aliphatic hydroxyl groups excluding tert-OH is 1. The van der Waals surface area contributed by atoms with Crippen LogP contribution in [-0.2, 0) is 18.3 Å². The van der Waals surface area contributed by atoms with Gasteiger partial charge >= 0.3 is 0 Å². The molecule has 0 spiro atoms. The van der Waals surface area contributed by atoms with Crippen molar-refractivity contribution >= 4 is 5.91 Å². The first-order valence-corrected chi connectivity index (χ1v) is 7.94. The first kappa shape index (κ1) is 16.0. The topological polar surface area (TPSA) is 58.4 Å². The predicted molar refractivity (Wildman–Crippen MR) is 82.1 cm³/mol. The van der Waals surface area contributed by atoms with E-state index in [0.29, 0.717) is 25.4 Å². The van der Waals surface area contributed by atoms with Gasteiger partial charge in [-0.05, 0) is 51.5 Å². The van der Waals surface area contributed by atoms with E-state index in [4.69, 9.17) is 5.11 Å². The fourth-order valence-electron chi connectivity index (χ4n) is 3.01. The maximum atomic E-state index is 12.5. The Balaban J connectivity index is 1.94. The molecule has 0 bridgehead atoms. The van der Waals surface area contributed by atoms with Crippen LogP contribution in [0.5, 0.6) is 0 Å². The smallest absolute Gasteiger partial charge is 0.223 e. The first-order chi connectivity index (χ1) is 10.0. The van der Waals surface area contributed by atoms with Crippen LogP contribution in [0.25, 0.3) is 0 Å². The lowest BCUT2D eigenvalue weighted by Gasteiger charge is -2.37. The molecule has 2 rings (SSSR count). The van der Waals surface area contributed by atoms with Crippen LogP contribution in [0.2, 0.25) is 0 Å². The van der Waals surface area contributed by atoms with Gasteiger partial charge in [0, 0.05) is 38.4 Å². The summed E-state index contributed by atoms with van der Waals surface area (Å²) >= 11 is 0. The van der Waals surface area contributed by atoms with Gasteiger partial charge in [0.05, 0.1) is 5.69 Å². The Bertz CT molecular complexity index is 492. The second kappa shape index (κ2) is 7.07. The zero-order valence-electron chi connectivity index (χ0n) is 13.4. The predicted octanol–water partition coefficient (Wildman–Crippen LogP) is 1.73. The van der Waals surface area contributed by atoms with Crippen molar-refractivity contribution in [3.63, 3.8) is 0 Å². The summed E-state index contributed by atoms with van der Waals surface area (Å²) in [5.41, 5.74) is 3.36. The van der Waals surface area contributed by atoms with Crippen LogP contribution in [0, 0.1) is 13.8 Å². The molecule has 0 atom stereocenters. The Morgan fingerprint density at radius 3 is 2.62 bits per heavy atom. The van der Waals surface area contributed by atoms with Crippen LogP contribution < -0.4 is 0 Å². The number of hydrogen-bond acceptors (Lipinski definition) is 3. The summed E-state index contributed by atoms with van der Waals surface area (Å²) in [4.78, 5) is 14.5. The number of carbonyl (C=O) groups is 1. The normalized spacial score (nSPS) is 15.0. The molecule has 1 saturated carbocycles. The second-order valence-corrected chi connectivity index (χ2v) is 6.02. The van der Waals surface area contributed by atoms with Gasteiger partial charge in [-0.2, -0.15) is 5.10 Å². The van der Waals surface area contributed by atoms with Crippen molar-refractivity contribution < 1.29 is 9.90 Å². The van der Waals surface area contributed by atoms with Gasteiger partial charge in [0.1, 0.15) is 0 Å². The second-order valence-electron chi connectivity index (χ2n) is 6.02. The Labute approximate surface area is 126 Å². The van der Waals surface area contributed by atoms with Gasteiger partial charge in [-0.25, -0.2) is 0 Å². The molecular formula is C16H27N3O2. The van der Waals surface area contributed by atoms with Gasteiger partial charge in [-0.15, -0.1) is 0 Å². The van der Waals surface area contributed by atoms with Crippen LogP contribution in [0.3, 0.4) is 0 Å². The largest absolute Gasteiger partial charge is 0.396 e. The van der Waals surface area contributed by atoms with Gasteiger partial charge in [0.25, 0.3) is 0 Å². The molecule has 1 aromatic heterocycles. The number of aryl methyl sites for hydroxylation is 2.